The highest BCUT2D eigenvalue weighted by Gasteiger charge is 2.26. The molecule has 0 bridgehead atoms. The normalized spacial score (nSPS) is 15.0. The number of nitrogens with one attached hydrogen (secondary N) is 1. The summed E-state index contributed by atoms with van der Waals surface area (Å²) in [6, 6.07) is 8.37. The molecule has 0 radical (unpaired) electrons. The van der Waals surface area contributed by atoms with E-state index < -0.39 is 0 Å². The van der Waals surface area contributed by atoms with Gasteiger partial charge in [0.2, 0.25) is 5.91 Å². The van der Waals surface area contributed by atoms with Crippen LogP contribution in [0, 0.1) is 6.92 Å². The van der Waals surface area contributed by atoms with E-state index in [-0.39, 0.29) is 11.8 Å². The fourth-order valence-corrected chi connectivity index (χ4v) is 4.18. The zero-order chi connectivity index (χ0) is 19.4. The summed E-state index contributed by atoms with van der Waals surface area (Å²) in [6.45, 7) is 7.10. The summed E-state index contributed by atoms with van der Waals surface area (Å²) in [5.74, 6) is 0.0489. The summed E-state index contributed by atoms with van der Waals surface area (Å²) in [4.78, 5) is 33.7. The Morgan fingerprint density at radius 3 is 2.41 bits per heavy atom. The van der Waals surface area contributed by atoms with Crippen LogP contribution in [-0.4, -0.2) is 66.4 Å². The van der Waals surface area contributed by atoms with Gasteiger partial charge in [-0.2, -0.15) is 0 Å². The minimum Gasteiger partial charge on any atom is -0.358 e. The Bertz CT molecular complexity index is 808. The number of carbonyl (C=O) groups excluding carboxylic acids is 2. The molecule has 1 aromatic heterocycles. The topological polar surface area (TPSA) is 65.5 Å². The molecule has 144 valence electrons. The van der Waals surface area contributed by atoms with Gasteiger partial charge >= 0.3 is 0 Å². The van der Waals surface area contributed by atoms with Gasteiger partial charge in [0, 0.05) is 38.8 Å². The summed E-state index contributed by atoms with van der Waals surface area (Å²) < 4.78 is 0. The highest BCUT2D eigenvalue weighted by atomic mass is 32.1. The van der Waals surface area contributed by atoms with Crippen molar-refractivity contribution >= 4 is 23.2 Å². The number of likely N-dealkylation sites (N-methyl/N-ethyl adjacent to an activating group) is 1. The fraction of sp³-hybridized carbons (Fsp3) is 0.450. The van der Waals surface area contributed by atoms with E-state index in [1.165, 1.54) is 16.9 Å². The first-order chi connectivity index (χ1) is 13.0. The van der Waals surface area contributed by atoms with Gasteiger partial charge in [-0.05, 0) is 18.9 Å². The van der Waals surface area contributed by atoms with Crippen LogP contribution in [0.25, 0.3) is 10.6 Å². The van der Waals surface area contributed by atoms with Crippen LogP contribution in [0.2, 0.25) is 0 Å². The number of aryl methyl sites for hydroxylation is 2. The molecule has 0 saturated carbocycles. The summed E-state index contributed by atoms with van der Waals surface area (Å²) in [5, 5.41) is 3.52. The third kappa shape index (κ3) is 4.54. The first-order valence-electron chi connectivity index (χ1n) is 9.30. The van der Waals surface area contributed by atoms with E-state index in [0.717, 1.165) is 22.7 Å². The van der Waals surface area contributed by atoms with Crippen molar-refractivity contribution in [3.63, 3.8) is 0 Å². The van der Waals surface area contributed by atoms with Crippen LogP contribution in [0.3, 0.4) is 0 Å². The number of benzene rings is 1. The number of carbonyl (C=O) groups is 2. The monoisotopic (exact) mass is 386 g/mol. The van der Waals surface area contributed by atoms with Crippen LogP contribution >= 0.6 is 11.3 Å². The molecular weight excluding hydrogens is 360 g/mol. The van der Waals surface area contributed by atoms with Crippen LogP contribution < -0.4 is 5.32 Å². The maximum atomic E-state index is 12.9. The van der Waals surface area contributed by atoms with Gasteiger partial charge in [-0.25, -0.2) is 4.98 Å². The van der Waals surface area contributed by atoms with Crippen molar-refractivity contribution in [2.45, 2.75) is 20.3 Å². The molecule has 1 N–H and O–H groups in total. The number of hydrogen-bond donors (Lipinski definition) is 1. The fourth-order valence-electron chi connectivity index (χ4n) is 3.14. The van der Waals surface area contributed by atoms with Gasteiger partial charge < -0.3 is 10.2 Å². The number of thiazole rings is 1. The Balaban J connectivity index is 1.67. The molecule has 7 heteroatoms. The molecule has 1 saturated heterocycles. The predicted octanol–water partition coefficient (Wildman–Crippen LogP) is 2.18. The number of aromatic nitrogens is 1. The molecule has 2 amide bonds. The third-order valence-corrected chi connectivity index (χ3v) is 6.10. The minimum atomic E-state index is 0.00631. The van der Waals surface area contributed by atoms with E-state index in [9.17, 15) is 9.59 Å². The van der Waals surface area contributed by atoms with E-state index >= 15 is 0 Å². The SMILES string of the molecule is CCc1ccc(-c2nc(C)c(C(=O)N3CCN(CC(=O)NC)CC3)s2)cc1. The van der Waals surface area contributed by atoms with E-state index in [1.807, 2.05) is 11.8 Å². The Kier molecular flexibility index (Phi) is 6.23. The molecule has 0 unspecified atom stereocenters. The lowest BCUT2D eigenvalue weighted by molar-refractivity contribution is -0.122. The number of amides is 2. The summed E-state index contributed by atoms with van der Waals surface area (Å²) in [5.41, 5.74) is 3.13. The van der Waals surface area contributed by atoms with Crippen LogP contribution in [0.1, 0.15) is 27.9 Å². The second kappa shape index (κ2) is 8.63. The van der Waals surface area contributed by atoms with Crippen molar-refractivity contribution in [1.82, 2.24) is 20.1 Å². The molecule has 1 aromatic carbocycles. The Hall–Kier alpha value is -2.25. The smallest absolute Gasteiger partial charge is 0.265 e. The van der Waals surface area contributed by atoms with Gasteiger partial charge in [0.25, 0.3) is 5.91 Å². The minimum absolute atomic E-state index is 0.00631. The van der Waals surface area contributed by atoms with Crippen LogP contribution in [0.4, 0.5) is 0 Å². The molecular formula is C20H26N4O2S. The average Bonchev–Trinajstić information content (AvgIpc) is 3.09. The van der Waals surface area contributed by atoms with E-state index in [0.29, 0.717) is 37.6 Å². The molecule has 1 fully saturated rings. The van der Waals surface area contributed by atoms with Crippen molar-refractivity contribution in [2.75, 3.05) is 39.8 Å². The van der Waals surface area contributed by atoms with Gasteiger partial charge in [0.15, 0.2) is 0 Å². The molecule has 0 aliphatic carbocycles. The van der Waals surface area contributed by atoms with Crippen LogP contribution in [0.5, 0.6) is 0 Å². The van der Waals surface area contributed by atoms with Crippen molar-refractivity contribution < 1.29 is 9.59 Å². The van der Waals surface area contributed by atoms with Gasteiger partial charge in [-0.1, -0.05) is 31.2 Å². The zero-order valence-electron chi connectivity index (χ0n) is 16.1. The van der Waals surface area contributed by atoms with Crippen LogP contribution in [-0.2, 0) is 11.2 Å². The zero-order valence-corrected chi connectivity index (χ0v) is 16.9. The average molecular weight is 387 g/mol. The number of hydrogen-bond acceptors (Lipinski definition) is 5. The first kappa shape index (κ1) is 19.5. The standard InChI is InChI=1S/C20H26N4O2S/c1-4-15-5-7-16(8-6-15)19-22-14(2)18(27-19)20(26)24-11-9-23(10-12-24)13-17(25)21-3/h5-8H,4,9-13H2,1-3H3,(H,21,25). The quantitative estimate of drug-likeness (QED) is 0.855. The Morgan fingerprint density at radius 1 is 1.15 bits per heavy atom. The second-order valence-electron chi connectivity index (χ2n) is 6.73. The summed E-state index contributed by atoms with van der Waals surface area (Å²) in [6.07, 6.45) is 1.01. The molecule has 6 nitrogen and oxygen atoms in total. The van der Waals surface area contributed by atoms with Crippen molar-refractivity contribution in [2.24, 2.45) is 0 Å². The molecule has 27 heavy (non-hydrogen) atoms. The van der Waals surface area contributed by atoms with E-state index in [2.05, 4.69) is 46.4 Å². The Labute approximate surface area is 164 Å². The lowest BCUT2D eigenvalue weighted by Gasteiger charge is -2.34. The largest absolute Gasteiger partial charge is 0.358 e. The molecule has 3 rings (SSSR count). The number of rotatable bonds is 5. The lowest BCUT2D eigenvalue weighted by Crippen LogP contribution is -2.50. The van der Waals surface area contributed by atoms with Gasteiger partial charge in [-0.15, -0.1) is 11.3 Å². The highest BCUT2D eigenvalue weighted by Crippen LogP contribution is 2.29. The molecule has 0 atom stereocenters. The molecule has 0 spiro atoms. The van der Waals surface area contributed by atoms with Gasteiger partial charge in [0.1, 0.15) is 9.88 Å². The molecule has 1 aliphatic rings. The van der Waals surface area contributed by atoms with Gasteiger partial charge in [-0.3, -0.25) is 14.5 Å². The maximum Gasteiger partial charge on any atom is 0.265 e. The highest BCUT2D eigenvalue weighted by molar-refractivity contribution is 7.17. The van der Waals surface area contributed by atoms with Crippen molar-refractivity contribution in [3.05, 3.63) is 40.4 Å². The lowest BCUT2D eigenvalue weighted by atomic mass is 10.1. The maximum absolute atomic E-state index is 12.9. The number of nitrogens with zero attached hydrogens (tertiary/aromatic N) is 3. The first-order valence-corrected chi connectivity index (χ1v) is 10.1. The number of piperazine rings is 1. The van der Waals surface area contributed by atoms with Gasteiger partial charge in [0.05, 0.1) is 12.2 Å². The van der Waals surface area contributed by atoms with Crippen molar-refractivity contribution in [1.29, 1.82) is 0 Å². The van der Waals surface area contributed by atoms with Crippen LogP contribution in [0.15, 0.2) is 24.3 Å². The summed E-state index contributed by atoms with van der Waals surface area (Å²) in [7, 11) is 1.64. The molecule has 1 aliphatic heterocycles. The molecule has 2 aromatic rings. The predicted molar refractivity (Wildman–Crippen MR) is 108 cm³/mol. The third-order valence-electron chi connectivity index (χ3n) is 4.91. The van der Waals surface area contributed by atoms with E-state index in [1.54, 1.807) is 7.05 Å². The van der Waals surface area contributed by atoms with E-state index in [4.69, 9.17) is 0 Å². The van der Waals surface area contributed by atoms with Crippen molar-refractivity contribution in [3.8, 4) is 10.6 Å². The Morgan fingerprint density at radius 2 is 1.81 bits per heavy atom. The summed E-state index contributed by atoms with van der Waals surface area (Å²) >= 11 is 1.46. The molecule has 2 heterocycles. The second-order valence-corrected chi connectivity index (χ2v) is 7.72.